The van der Waals surface area contributed by atoms with Gasteiger partial charge in [-0.15, -0.1) is 0 Å². The van der Waals surface area contributed by atoms with Crippen LogP contribution in [-0.4, -0.2) is 24.4 Å². The number of aliphatic hydroxyl groups excluding tert-OH is 1. The zero-order valence-corrected chi connectivity index (χ0v) is 7.42. The first-order chi connectivity index (χ1) is 5.24. The molecule has 0 aliphatic carbocycles. The Morgan fingerprint density at radius 2 is 2.27 bits per heavy atom. The van der Waals surface area contributed by atoms with Crippen LogP contribution in [0.3, 0.4) is 0 Å². The van der Waals surface area contributed by atoms with E-state index < -0.39 is 0 Å². The average Bonchev–Trinajstić information content (AvgIpc) is 2.37. The van der Waals surface area contributed by atoms with Gasteiger partial charge in [-0.3, -0.25) is 0 Å². The summed E-state index contributed by atoms with van der Waals surface area (Å²) in [7, 11) is 0. The first-order valence-electron chi connectivity index (χ1n) is 4.46. The van der Waals surface area contributed by atoms with Crippen LogP contribution < -0.4 is 0 Å². The molecule has 0 aromatic carbocycles. The Bertz CT molecular complexity index is 112. The molecule has 2 nitrogen and oxygen atoms in total. The lowest BCUT2D eigenvalue weighted by Gasteiger charge is -2.11. The van der Waals surface area contributed by atoms with Crippen LogP contribution in [0.1, 0.15) is 26.7 Å². The normalized spacial score (nSPS) is 31.6. The van der Waals surface area contributed by atoms with E-state index in [9.17, 15) is 0 Å². The van der Waals surface area contributed by atoms with E-state index in [1.807, 2.05) is 0 Å². The summed E-state index contributed by atoms with van der Waals surface area (Å²) >= 11 is 0. The van der Waals surface area contributed by atoms with Crippen molar-refractivity contribution >= 4 is 0 Å². The first-order valence-corrected chi connectivity index (χ1v) is 4.46. The standard InChI is InChI=1S/C9H18O2/c1-7(2)8-5-9(3-4-10)11-6-8/h7-10H,3-6H2,1-2H3. The molecule has 1 saturated heterocycles. The smallest absolute Gasteiger partial charge is 0.0600 e. The molecule has 0 saturated carbocycles. The van der Waals surface area contributed by atoms with E-state index in [1.165, 1.54) is 0 Å². The lowest BCUT2D eigenvalue weighted by Crippen LogP contribution is -2.09. The first kappa shape index (κ1) is 9.01. The highest BCUT2D eigenvalue weighted by Crippen LogP contribution is 2.27. The monoisotopic (exact) mass is 158 g/mol. The Hall–Kier alpha value is -0.0800. The summed E-state index contributed by atoms with van der Waals surface area (Å²) in [6.45, 7) is 5.61. The average molecular weight is 158 g/mol. The molecule has 1 N–H and O–H groups in total. The highest BCUT2D eigenvalue weighted by molar-refractivity contribution is 4.75. The molecule has 0 bridgehead atoms. The van der Waals surface area contributed by atoms with Gasteiger partial charge >= 0.3 is 0 Å². The molecule has 2 unspecified atom stereocenters. The fourth-order valence-electron chi connectivity index (χ4n) is 1.54. The van der Waals surface area contributed by atoms with Crippen molar-refractivity contribution in [3.8, 4) is 0 Å². The van der Waals surface area contributed by atoms with Gasteiger partial charge in [0.25, 0.3) is 0 Å². The van der Waals surface area contributed by atoms with E-state index in [2.05, 4.69) is 13.8 Å². The quantitative estimate of drug-likeness (QED) is 0.673. The summed E-state index contributed by atoms with van der Waals surface area (Å²) in [5.41, 5.74) is 0. The van der Waals surface area contributed by atoms with Crippen molar-refractivity contribution in [2.45, 2.75) is 32.8 Å². The third-order valence-corrected chi connectivity index (χ3v) is 2.51. The molecule has 1 heterocycles. The van der Waals surface area contributed by atoms with Gasteiger partial charge in [0.1, 0.15) is 0 Å². The maximum absolute atomic E-state index is 8.67. The second kappa shape index (κ2) is 4.07. The molecule has 1 fully saturated rings. The highest BCUT2D eigenvalue weighted by atomic mass is 16.5. The van der Waals surface area contributed by atoms with Crippen LogP contribution in [0, 0.1) is 11.8 Å². The predicted octanol–water partition coefficient (Wildman–Crippen LogP) is 1.43. The van der Waals surface area contributed by atoms with Crippen LogP contribution in [0.15, 0.2) is 0 Å². The SMILES string of the molecule is CC(C)C1COC(CCO)C1. The van der Waals surface area contributed by atoms with Crippen LogP contribution in [0.2, 0.25) is 0 Å². The molecule has 1 rings (SSSR count). The van der Waals surface area contributed by atoms with Crippen LogP contribution in [0.4, 0.5) is 0 Å². The van der Waals surface area contributed by atoms with Gasteiger partial charge in [0.2, 0.25) is 0 Å². The van der Waals surface area contributed by atoms with Gasteiger partial charge in [0.05, 0.1) is 12.7 Å². The number of aliphatic hydroxyl groups is 1. The predicted molar refractivity (Wildman–Crippen MR) is 44.4 cm³/mol. The van der Waals surface area contributed by atoms with Gasteiger partial charge in [-0.05, 0) is 24.7 Å². The fourth-order valence-corrected chi connectivity index (χ4v) is 1.54. The minimum absolute atomic E-state index is 0.259. The molecule has 11 heavy (non-hydrogen) atoms. The van der Waals surface area contributed by atoms with Crippen LogP contribution in [-0.2, 0) is 4.74 Å². The van der Waals surface area contributed by atoms with Crippen molar-refractivity contribution in [1.82, 2.24) is 0 Å². The third kappa shape index (κ3) is 2.46. The molecule has 1 aliphatic rings. The Kier molecular flexibility index (Phi) is 3.34. The highest BCUT2D eigenvalue weighted by Gasteiger charge is 2.26. The van der Waals surface area contributed by atoms with Crippen molar-refractivity contribution in [1.29, 1.82) is 0 Å². The fraction of sp³-hybridized carbons (Fsp3) is 1.00. The molecule has 0 amide bonds. The number of ether oxygens (including phenoxy) is 1. The van der Waals surface area contributed by atoms with Crippen LogP contribution in [0.25, 0.3) is 0 Å². The molecule has 0 aromatic heterocycles. The Morgan fingerprint density at radius 1 is 1.55 bits per heavy atom. The van der Waals surface area contributed by atoms with E-state index in [-0.39, 0.29) is 6.61 Å². The summed E-state index contributed by atoms with van der Waals surface area (Å²) in [5.74, 6) is 1.44. The largest absolute Gasteiger partial charge is 0.396 e. The molecular weight excluding hydrogens is 140 g/mol. The molecule has 0 radical (unpaired) electrons. The van der Waals surface area contributed by atoms with Gasteiger partial charge in [0.15, 0.2) is 0 Å². The molecule has 2 heteroatoms. The Balaban J connectivity index is 2.23. The lowest BCUT2D eigenvalue weighted by atomic mass is 9.93. The zero-order valence-electron chi connectivity index (χ0n) is 7.42. The van der Waals surface area contributed by atoms with Gasteiger partial charge < -0.3 is 9.84 Å². The summed E-state index contributed by atoms with van der Waals surface area (Å²) in [5, 5.41) is 8.67. The number of hydrogen-bond donors (Lipinski definition) is 1. The van der Waals surface area contributed by atoms with Crippen molar-refractivity contribution in [3.63, 3.8) is 0 Å². The van der Waals surface area contributed by atoms with Crippen molar-refractivity contribution in [3.05, 3.63) is 0 Å². The van der Waals surface area contributed by atoms with Gasteiger partial charge in [0, 0.05) is 6.61 Å². The summed E-state index contributed by atoms with van der Waals surface area (Å²) in [4.78, 5) is 0. The van der Waals surface area contributed by atoms with Crippen molar-refractivity contribution in [2.75, 3.05) is 13.2 Å². The van der Waals surface area contributed by atoms with Crippen molar-refractivity contribution < 1.29 is 9.84 Å². The van der Waals surface area contributed by atoms with E-state index in [4.69, 9.17) is 9.84 Å². The van der Waals surface area contributed by atoms with E-state index >= 15 is 0 Å². The minimum atomic E-state index is 0.259. The zero-order chi connectivity index (χ0) is 8.27. The van der Waals surface area contributed by atoms with Gasteiger partial charge in [-0.25, -0.2) is 0 Å². The molecule has 2 atom stereocenters. The Morgan fingerprint density at radius 3 is 2.73 bits per heavy atom. The van der Waals surface area contributed by atoms with Gasteiger partial charge in [-0.1, -0.05) is 13.8 Å². The number of hydrogen-bond acceptors (Lipinski definition) is 2. The van der Waals surface area contributed by atoms with Crippen LogP contribution in [0.5, 0.6) is 0 Å². The Labute approximate surface area is 68.6 Å². The minimum Gasteiger partial charge on any atom is -0.396 e. The summed E-state index contributed by atoms with van der Waals surface area (Å²) in [6.07, 6.45) is 2.27. The van der Waals surface area contributed by atoms with Crippen molar-refractivity contribution in [2.24, 2.45) is 11.8 Å². The lowest BCUT2D eigenvalue weighted by molar-refractivity contribution is 0.0822. The number of rotatable bonds is 3. The second-order valence-corrected chi connectivity index (χ2v) is 3.71. The maximum Gasteiger partial charge on any atom is 0.0600 e. The van der Waals surface area contributed by atoms with Crippen LogP contribution >= 0.6 is 0 Å². The van der Waals surface area contributed by atoms with E-state index in [0.29, 0.717) is 12.0 Å². The molecule has 1 aliphatic heterocycles. The van der Waals surface area contributed by atoms with E-state index in [1.54, 1.807) is 0 Å². The van der Waals surface area contributed by atoms with E-state index in [0.717, 1.165) is 25.4 Å². The molecule has 0 aromatic rings. The molecular formula is C9H18O2. The van der Waals surface area contributed by atoms with Gasteiger partial charge in [-0.2, -0.15) is 0 Å². The molecule has 0 spiro atoms. The topological polar surface area (TPSA) is 29.5 Å². The summed E-state index contributed by atoms with van der Waals surface area (Å²) < 4.78 is 5.51. The maximum atomic E-state index is 8.67. The summed E-state index contributed by atoms with van der Waals surface area (Å²) in [6, 6.07) is 0. The third-order valence-electron chi connectivity index (χ3n) is 2.51. The molecule has 66 valence electrons. The second-order valence-electron chi connectivity index (χ2n) is 3.71.